The van der Waals surface area contributed by atoms with Gasteiger partial charge in [0.1, 0.15) is 16.5 Å². The van der Waals surface area contributed by atoms with E-state index in [1.165, 1.54) is 11.1 Å². The topological polar surface area (TPSA) is 128 Å². The van der Waals surface area contributed by atoms with Gasteiger partial charge in [0.15, 0.2) is 0 Å². The number of anilines is 1. The summed E-state index contributed by atoms with van der Waals surface area (Å²) in [6.45, 7) is 0.337. The Hall–Kier alpha value is -4.57. The van der Waals surface area contributed by atoms with Crippen molar-refractivity contribution in [2.45, 2.75) is 37.9 Å². The summed E-state index contributed by atoms with van der Waals surface area (Å²) in [6, 6.07) is 21.7. The van der Waals surface area contributed by atoms with Crippen LogP contribution >= 0.6 is 0 Å². The zero-order valence-electron chi connectivity index (χ0n) is 20.6. The number of aromatic nitrogens is 3. The van der Waals surface area contributed by atoms with Gasteiger partial charge in [-0.2, -0.15) is 4.39 Å². The Kier molecular flexibility index (Phi) is 6.09. The smallest absolute Gasteiger partial charge is 0.265 e. The molecule has 1 aliphatic heterocycles. The molecule has 9 nitrogen and oxygen atoms in total. The molecule has 2 aromatic heterocycles. The van der Waals surface area contributed by atoms with Crippen LogP contribution in [0, 0.1) is 11.4 Å². The predicted octanol–water partition coefficient (Wildman–Crippen LogP) is 1.82. The number of fused-ring (bicyclic) bond motifs is 3. The molecular weight excluding hydrogens is 483 g/mol. The number of rotatable bonds is 6. The summed E-state index contributed by atoms with van der Waals surface area (Å²) < 4.78 is 15.4. The van der Waals surface area contributed by atoms with Crippen LogP contribution < -0.4 is 38.1 Å². The van der Waals surface area contributed by atoms with Crippen LogP contribution in [0.5, 0.6) is 0 Å². The first-order valence-electron chi connectivity index (χ1n) is 12.6. The summed E-state index contributed by atoms with van der Waals surface area (Å²) in [5.41, 5.74) is 3.02. The minimum Gasteiger partial charge on any atom is -0.366 e. The number of hydrogen-bond donors (Lipinski definition) is 4. The predicted molar refractivity (Wildman–Crippen MR) is 141 cm³/mol. The van der Waals surface area contributed by atoms with Gasteiger partial charge in [0, 0.05) is 12.1 Å². The zero-order valence-corrected chi connectivity index (χ0v) is 20.6. The molecule has 10 heteroatoms. The zero-order chi connectivity index (χ0) is 26.2. The molecule has 2 atom stereocenters. The Labute approximate surface area is 217 Å². The van der Waals surface area contributed by atoms with Crippen molar-refractivity contribution in [3.63, 3.8) is 0 Å². The molecule has 1 fully saturated rings. The summed E-state index contributed by atoms with van der Waals surface area (Å²) in [5.74, 6) is 6.34. The largest absolute Gasteiger partial charge is 0.366 e. The van der Waals surface area contributed by atoms with Crippen LogP contribution in [0.15, 0.2) is 82.6 Å². The van der Waals surface area contributed by atoms with E-state index in [0.717, 1.165) is 30.4 Å². The monoisotopic (exact) mass is 510 g/mol. The molecule has 3 heterocycles. The number of nitrogens with two attached hydrogens (primary N) is 1. The van der Waals surface area contributed by atoms with E-state index in [1.54, 1.807) is 12.1 Å². The Morgan fingerprint density at radius 1 is 1.11 bits per heavy atom. The standard InChI is InChI=1S/C28H27FN8O/c29-23-11-5-8-20(33-23)18-14-12-17(13-15-18)16-32-26(37(31)19-6-2-1-3-7-19)24-25(30)36-22-10-4-9-21(22)34-28(36)35-27(24)38/h1-3,5-8,11-15,21-22,30,32H,4,9-10,16,31H2,(H,34,35,38)/b26-24-,30-25?/t21-,22+/m1/s1. The Balaban J connectivity index is 1.40. The first kappa shape index (κ1) is 23.8. The lowest BCUT2D eigenvalue weighted by atomic mass is 10.1. The van der Waals surface area contributed by atoms with Crippen LogP contribution in [0.1, 0.15) is 30.9 Å². The number of nitrogens with one attached hydrogen (secondary N) is 3. The molecule has 5 N–H and O–H groups in total. The van der Waals surface area contributed by atoms with Gasteiger partial charge < -0.3 is 5.32 Å². The molecule has 0 saturated heterocycles. The van der Waals surface area contributed by atoms with Crippen LogP contribution in [0.3, 0.4) is 0 Å². The minimum atomic E-state index is -0.531. The van der Waals surface area contributed by atoms with E-state index in [-0.39, 0.29) is 22.8 Å². The van der Waals surface area contributed by atoms with Gasteiger partial charge in [0.25, 0.3) is 5.56 Å². The molecule has 4 aromatic rings. The number of halogens is 1. The van der Waals surface area contributed by atoms with E-state index in [4.69, 9.17) is 11.3 Å². The van der Waals surface area contributed by atoms with Gasteiger partial charge in [-0.3, -0.25) is 24.8 Å². The number of aromatic amines is 1. The van der Waals surface area contributed by atoms with Crippen LogP contribution in [0.25, 0.3) is 17.1 Å². The summed E-state index contributed by atoms with van der Waals surface area (Å²) in [7, 11) is 0. The van der Waals surface area contributed by atoms with Crippen molar-refractivity contribution >= 4 is 11.5 Å². The maximum atomic E-state index is 13.5. The quantitative estimate of drug-likeness (QED) is 0.179. The number of pyridine rings is 1. The summed E-state index contributed by atoms with van der Waals surface area (Å²) >= 11 is 0. The van der Waals surface area contributed by atoms with Crippen molar-refractivity contribution in [2.75, 3.05) is 5.01 Å². The molecule has 0 bridgehead atoms. The van der Waals surface area contributed by atoms with Crippen molar-refractivity contribution in [2.24, 2.45) is 10.8 Å². The Bertz CT molecular complexity index is 1730. The fourth-order valence-electron chi connectivity index (χ4n) is 5.28. The minimum absolute atomic E-state index is 0.0706. The molecule has 6 rings (SSSR count). The Morgan fingerprint density at radius 3 is 2.66 bits per heavy atom. The maximum Gasteiger partial charge on any atom is 0.265 e. The normalized spacial score (nSPS) is 18.4. The molecule has 38 heavy (non-hydrogen) atoms. The maximum absolute atomic E-state index is 13.5. The van der Waals surface area contributed by atoms with E-state index < -0.39 is 11.5 Å². The highest BCUT2D eigenvalue weighted by atomic mass is 19.1. The van der Waals surface area contributed by atoms with Gasteiger partial charge >= 0.3 is 0 Å². The molecule has 1 aliphatic carbocycles. The lowest BCUT2D eigenvalue weighted by Crippen LogP contribution is -2.58. The first-order valence-corrected chi connectivity index (χ1v) is 12.6. The number of para-hydroxylation sites is 1. The van der Waals surface area contributed by atoms with Gasteiger partial charge in [-0.05, 0) is 49.1 Å². The lowest BCUT2D eigenvalue weighted by Gasteiger charge is -2.24. The third-order valence-corrected chi connectivity index (χ3v) is 7.16. The molecule has 1 saturated carbocycles. The molecule has 0 unspecified atom stereocenters. The van der Waals surface area contributed by atoms with Gasteiger partial charge in [-0.25, -0.2) is 15.8 Å². The van der Waals surface area contributed by atoms with E-state index in [9.17, 15) is 9.18 Å². The highest BCUT2D eigenvalue weighted by Gasteiger charge is 2.34. The lowest BCUT2D eigenvalue weighted by molar-refractivity contribution is 0.475. The number of H-pyrrole nitrogens is 1. The van der Waals surface area contributed by atoms with Gasteiger partial charge in [0.2, 0.25) is 11.6 Å². The highest BCUT2D eigenvalue weighted by Crippen LogP contribution is 2.32. The average molecular weight is 511 g/mol. The van der Waals surface area contributed by atoms with Crippen molar-refractivity contribution in [3.8, 4) is 11.3 Å². The first-order chi connectivity index (χ1) is 18.5. The van der Waals surface area contributed by atoms with E-state index in [1.807, 2.05) is 59.2 Å². The second kappa shape index (κ2) is 9.71. The summed E-state index contributed by atoms with van der Waals surface area (Å²) in [5, 5.41) is 13.9. The van der Waals surface area contributed by atoms with E-state index >= 15 is 0 Å². The van der Waals surface area contributed by atoms with E-state index in [0.29, 0.717) is 29.4 Å². The Morgan fingerprint density at radius 2 is 1.89 bits per heavy atom. The highest BCUT2D eigenvalue weighted by molar-refractivity contribution is 5.65. The van der Waals surface area contributed by atoms with Gasteiger partial charge in [0.05, 0.1) is 23.5 Å². The molecule has 2 aliphatic rings. The van der Waals surface area contributed by atoms with E-state index in [2.05, 4.69) is 20.3 Å². The fourth-order valence-corrected chi connectivity index (χ4v) is 5.28. The molecule has 0 radical (unpaired) electrons. The van der Waals surface area contributed by atoms with Crippen LogP contribution in [0.2, 0.25) is 0 Å². The second-order valence-corrected chi connectivity index (χ2v) is 9.52. The average Bonchev–Trinajstić information content (AvgIpc) is 3.52. The van der Waals surface area contributed by atoms with Crippen LogP contribution in [0.4, 0.5) is 10.1 Å². The SMILES string of the molecule is N=c1/c(=C(\NCc2ccc(-c3cccc(F)n3)cc2)N(N)c2ccccc2)c(=O)[nH]c2n1[C@H]1CCC[C@H]1N=2. The fraction of sp³-hybridized carbons (Fsp3) is 0.214. The van der Waals surface area contributed by atoms with Crippen molar-refractivity contribution in [1.82, 2.24) is 19.9 Å². The van der Waals surface area contributed by atoms with Crippen LogP contribution in [-0.2, 0) is 6.54 Å². The number of hydrazine groups is 1. The van der Waals surface area contributed by atoms with Gasteiger partial charge in [-0.15, -0.1) is 0 Å². The molecule has 2 aromatic carbocycles. The molecular formula is C28H27FN8O. The number of benzene rings is 2. The summed E-state index contributed by atoms with van der Waals surface area (Å²) in [4.78, 5) is 24.8. The molecule has 0 spiro atoms. The number of hydrogen-bond acceptors (Lipinski definition) is 7. The van der Waals surface area contributed by atoms with Crippen LogP contribution in [-0.4, -0.2) is 20.6 Å². The van der Waals surface area contributed by atoms with Gasteiger partial charge in [-0.1, -0.05) is 48.5 Å². The summed E-state index contributed by atoms with van der Waals surface area (Å²) in [6.07, 6.45) is 2.91. The third-order valence-electron chi connectivity index (χ3n) is 7.16. The number of nitrogens with zero attached hydrogens (tertiary/aromatic N) is 4. The third kappa shape index (κ3) is 4.28. The van der Waals surface area contributed by atoms with Crippen molar-refractivity contribution < 1.29 is 4.39 Å². The molecule has 0 amide bonds. The molecule has 192 valence electrons. The van der Waals surface area contributed by atoms with Crippen molar-refractivity contribution in [1.29, 1.82) is 5.41 Å². The van der Waals surface area contributed by atoms with Crippen molar-refractivity contribution in [3.05, 3.63) is 111 Å². The second-order valence-electron chi connectivity index (χ2n) is 9.52.